The van der Waals surface area contributed by atoms with Crippen molar-refractivity contribution in [1.29, 1.82) is 0 Å². The van der Waals surface area contributed by atoms with Gasteiger partial charge < -0.3 is 4.90 Å². The van der Waals surface area contributed by atoms with Gasteiger partial charge in [-0.3, -0.25) is 5.32 Å². The van der Waals surface area contributed by atoms with E-state index in [1.807, 2.05) is 13.0 Å². The topological polar surface area (TPSA) is 79.4 Å². The number of nitrogens with one attached hydrogen (secondary N) is 1. The zero-order valence-electron chi connectivity index (χ0n) is 13.4. The molecule has 0 aromatic carbocycles. The highest BCUT2D eigenvalue weighted by Gasteiger charge is 2.41. The second kappa shape index (κ2) is 6.47. The second-order valence-corrected chi connectivity index (χ2v) is 8.63. The van der Waals surface area contributed by atoms with E-state index in [1.54, 1.807) is 17.2 Å². The lowest BCUT2D eigenvalue weighted by atomic mass is 10.2. The SMILES string of the molecule is CCc1ccc(NC(=O)N2CCCS(=O)(=O)CC2C2CC2)nc1. The summed E-state index contributed by atoms with van der Waals surface area (Å²) in [5.74, 6) is 1.09. The van der Waals surface area contributed by atoms with Crippen LogP contribution >= 0.6 is 0 Å². The van der Waals surface area contributed by atoms with Crippen molar-refractivity contribution in [2.24, 2.45) is 5.92 Å². The number of aromatic nitrogens is 1. The molecule has 23 heavy (non-hydrogen) atoms. The molecular weight excluding hydrogens is 314 g/mol. The largest absolute Gasteiger partial charge is 0.323 e. The Kier molecular flexibility index (Phi) is 4.57. The number of carbonyl (C=O) groups is 1. The summed E-state index contributed by atoms with van der Waals surface area (Å²) in [6.45, 7) is 2.53. The molecule has 6 nitrogen and oxygen atoms in total. The van der Waals surface area contributed by atoms with Gasteiger partial charge in [0.1, 0.15) is 5.82 Å². The molecule has 2 aliphatic rings. The van der Waals surface area contributed by atoms with E-state index in [0.29, 0.717) is 24.7 Å². The van der Waals surface area contributed by atoms with Gasteiger partial charge in [-0.25, -0.2) is 18.2 Å². The molecule has 1 atom stereocenters. The number of hydrogen-bond donors (Lipinski definition) is 1. The summed E-state index contributed by atoms with van der Waals surface area (Å²) in [5.41, 5.74) is 1.11. The van der Waals surface area contributed by atoms with Crippen LogP contribution < -0.4 is 5.32 Å². The molecule has 1 saturated heterocycles. The molecule has 0 bridgehead atoms. The Hall–Kier alpha value is -1.63. The van der Waals surface area contributed by atoms with Crippen LogP contribution in [-0.4, -0.2) is 48.4 Å². The Morgan fingerprint density at radius 3 is 2.78 bits per heavy atom. The normalized spacial score (nSPS) is 24.0. The number of amides is 2. The number of hydrogen-bond acceptors (Lipinski definition) is 4. The van der Waals surface area contributed by atoms with E-state index in [-0.39, 0.29) is 23.6 Å². The van der Waals surface area contributed by atoms with Gasteiger partial charge in [-0.05, 0) is 43.2 Å². The van der Waals surface area contributed by atoms with Crippen LogP contribution in [0.5, 0.6) is 0 Å². The molecule has 2 amide bonds. The maximum Gasteiger partial charge on any atom is 0.323 e. The third-order valence-corrected chi connectivity index (χ3v) is 6.33. The van der Waals surface area contributed by atoms with Crippen LogP contribution in [0, 0.1) is 5.92 Å². The summed E-state index contributed by atoms with van der Waals surface area (Å²) < 4.78 is 24.1. The molecule has 1 saturated carbocycles. The fraction of sp³-hybridized carbons (Fsp3) is 0.625. The van der Waals surface area contributed by atoms with Gasteiger partial charge in [0.05, 0.1) is 17.5 Å². The second-order valence-electron chi connectivity index (χ2n) is 6.40. The van der Waals surface area contributed by atoms with Crippen LogP contribution in [0.4, 0.5) is 10.6 Å². The van der Waals surface area contributed by atoms with Gasteiger partial charge in [0.2, 0.25) is 0 Å². The zero-order valence-corrected chi connectivity index (χ0v) is 14.2. The Bertz CT molecular complexity index is 668. The molecular formula is C16H23N3O3S. The maximum absolute atomic E-state index is 12.6. The van der Waals surface area contributed by atoms with Gasteiger partial charge in [0.25, 0.3) is 0 Å². The van der Waals surface area contributed by atoms with Gasteiger partial charge in [0.15, 0.2) is 9.84 Å². The van der Waals surface area contributed by atoms with Crippen molar-refractivity contribution in [2.75, 3.05) is 23.4 Å². The fourth-order valence-corrected chi connectivity index (χ4v) is 4.77. The first-order valence-corrected chi connectivity index (χ1v) is 10.0. The number of pyridine rings is 1. The van der Waals surface area contributed by atoms with Gasteiger partial charge in [-0.2, -0.15) is 0 Å². The lowest BCUT2D eigenvalue weighted by Gasteiger charge is -2.29. The predicted molar refractivity (Wildman–Crippen MR) is 89.1 cm³/mol. The van der Waals surface area contributed by atoms with Crippen molar-refractivity contribution in [1.82, 2.24) is 9.88 Å². The van der Waals surface area contributed by atoms with Crippen molar-refractivity contribution < 1.29 is 13.2 Å². The average molecular weight is 337 g/mol. The standard InChI is InChI=1S/C16H23N3O3S/c1-2-12-4-7-15(17-10-12)18-16(20)19-8-3-9-23(21,22)11-14(19)13-5-6-13/h4,7,10,13-14H,2-3,5-6,8-9,11H2,1H3,(H,17,18,20). The van der Waals surface area contributed by atoms with Crippen LogP contribution in [0.15, 0.2) is 18.3 Å². The molecule has 2 heterocycles. The Balaban J connectivity index is 1.73. The quantitative estimate of drug-likeness (QED) is 0.916. The average Bonchev–Trinajstić information content (AvgIpc) is 3.35. The number of anilines is 1. The van der Waals surface area contributed by atoms with E-state index < -0.39 is 9.84 Å². The van der Waals surface area contributed by atoms with Crippen LogP contribution in [0.3, 0.4) is 0 Å². The fourth-order valence-electron chi connectivity index (χ4n) is 3.07. The van der Waals surface area contributed by atoms with Crippen molar-refractivity contribution in [3.05, 3.63) is 23.9 Å². The summed E-state index contributed by atoms with van der Waals surface area (Å²) in [6.07, 6.45) is 5.16. The molecule has 126 valence electrons. The Morgan fingerprint density at radius 1 is 1.39 bits per heavy atom. The Morgan fingerprint density at radius 2 is 2.17 bits per heavy atom. The number of nitrogens with zero attached hydrogens (tertiary/aromatic N) is 2. The first-order valence-electron chi connectivity index (χ1n) is 8.21. The van der Waals surface area contributed by atoms with Gasteiger partial charge in [-0.15, -0.1) is 0 Å². The molecule has 3 rings (SSSR count). The van der Waals surface area contributed by atoms with Gasteiger partial charge in [0, 0.05) is 12.7 Å². The molecule has 0 spiro atoms. The zero-order chi connectivity index (χ0) is 16.4. The van der Waals surface area contributed by atoms with Crippen molar-refractivity contribution in [2.45, 2.75) is 38.6 Å². The summed E-state index contributed by atoms with van der Waals surface area (Å²) in [7, 11) is -3.06. The van der Waals surface area contributed by atoms with E-state index in [1.165, 1.54) is 0 Å². The number of carbonyl (C=O) groups excluding carboxylic acids is 1. The van der Waals surface area contributed by atoms with E-state index in [9.17, 15) is 13.2 Å². The molecule has 1 aliphatic heterocycles. The van der Waals surface area contributed by atoms with Gasteiger partial charge >= 0.3 is 6.03 Å². The maximum atomic E-state index is 12.6. The first-order chi connectivity index (χ1) is 11.0. The molecule has 1 aliphatic carbocycles. The van der Waals surface area contributed by atoms with E-state index in [0.717, 1.165) is 24.8 Å². The highest BCUT2D eigenvalue weighted by atomic mass is 32.2. The Labute approximate surface area is 137 Å². The molecule has 1 unspecified atom stereocenters. The van der Waals surface area contributed by atoms with E-state index in [4.69, 9.17) is 0 Å². The predicted octanol–water partition coefficient (Wildman–Crippen LogP) is 2.08. The minimum Gasteiger partial charge on any atom is -0.320 e. The van der Waals surface area contributed by atoms with Crippen molar-refractivity contribution in [3.63, 3.8) is 0 Å². The molecule has 1 aromatic rings. The van der Waals surface area contributed by atoms with Crippen molar-refractivity contribution in [3.8, 4) is 0 Å². The van der Waals surface area contributed by atoms with Crippen LogP contribution in [0.25, 0.3) is 0 Å². The molecule has 1 N–H and O–H groups in total. The third-order valence-electron chi connectivity index (χ3n) is 4.57. The summed E-state index contributed by atoms with van der Waals surface area (Å²) >= 11 is 0. The van der Waals surface area contributed by atoms with Crippen molar-refractivity contribution >= 4 is 21.7 Å². The van der Waals surface area contributed by atoms with E-state index in [2.05, 4.69) is 10.3 Å². The number of rotatable bonds is 3. The summed E-state index contributed by atoms with van der Waals surface area (Å²) in [6, 6.07) is 3.29. The summed E-state index contributed by atoms with van der Waals surface area (Å²) in [4.78, 5) is 18.6. The molecule has 0 radical (unpaired) electrons. The lowest BCUT2D eigenvalue weighted by Crippen LogP contribution is -2.46. The third kappa shape index (κ3) is 4.02. The van der Waals surface area contributed by atoms with Crippen LogP contribution in [0.2, 0.25) is 0 Å². The number of aryl methyl sites for hydroxylation is 1. The highest BCUT2D eigenvalue weighted by molar-refractivity contribution is 7.91. The highest BCUT2D eigenvalue weighted by Crippen LogP contribution is 2.37. The van der Waals surface area contributed by atoms with Crippen LogP contribution in [0.1, 0.15) is 31.7 Å². The molecule has 1 aromatic heterocycles. The number of sulfone groups is 1. The number of urea groups is 1. The summed E-state index contributed by atoms with van der Waals surface area (Å²) in [5, 5.41) is 2.81. The smallest absolute Gasteiger partial charge is 0.320 e. The molecule has 2 fully saturated rings. The van der Waals surface area contributed by atoms with Crippen LogP contribution in [-0.2, 0) is 16.3 Å². The first kappa shape index (κ1) is 16.2. The minimum atomic E-state index is -3.06. The van der Waals surface area contributed by atoms with E-state index >= 15 is 0 Å². The lowest BCUT2D eigenvalue weighted by molar-refractivity contribution is 0.187. The molecule has 7 heteroatoms. The van der Waals surface area contributed by atoms with Gasteiger partial charge in [-0.1, -0.05) is 13.0 Å². The monoisotopic (exact) mass is 337 g/mol. The minimum absolute atomic E-state index is 0.0906.